The summed E-state index contributed by atoms with van der Waals surface area (Å²) >= 11 is 12.2. The second-order valence-electron chi connectivity index (χ2n) is 7.43. The summed E-state index contributed by atoms with van der Waals surface area (Å²) < 4.78 is 10.6. The van der Waals surface area contributed by atoms with Gasteiger partial charge in [0.25, 0.3) is 11.7 Å². The molecule has 1 amide bonds. The van der Waals surface area contributed by atoms with Crippen LogP contribution in [0.15, 0.2) is 66.2 Å². The van der Waals surface area contributed by atoms with Gasteiger partial charge in [-0.1, -0.05) is 35.3 Å². The van der Waals surface area contributed by atoms with Gasteiger partial charge in [-0.15, -0.1) is 0 Å². The first-order valence-corrected chi connectivity index (χ1v) is 10.8. The zero-order valence-corrected chi connectivity index (χ0v) is 19.6. The fourth-order valence-corrected chi connectivity index (χ4v) is 4.18. The van der Waals surface area contributed by atoms with Gasteiger partial charge in [0.15, 0.2) is 0 Å². The molecule has 174 valence electrons. The summed E-state index contributed by atoms with van der Waals surface area (Å²) in [6.45, 7) is 0. The molecule has 3 aromatic carbocycles. The van der Waals surface area contributed by atoms with Crippen LogP contribution in [0.2, 0.25) is 10.0 Å². The number of ether oxygens (including phenoxy) is 2. The lowest BCUT2D eigenvalue weighted by atomic mass is 9.94. The number of phenols is 1. The van der Waals surface area contributed by atoms with E-state index in [0.717, 1.165) is 0 Å². The Hall–Kier alpha value is -3.68. The Morgan fingerprint density at radius 2 is 1.71 bits per heavy atom. The molecule has 1 aliphatic heterocycles. The first-order valence-electron chi connectivity index (χ1n) is 10.0. The van der Waals surface area contributed by atoms with E-state index in [4.69, 9.17) is 32.7 Å². The summed E-state index contributed by atoms with van der Waals surface area (Å²) in [5.74, 6) is -1.56. The number of hydrogen-bond donors (Lipinski definition) is 2. The van der Waals surface area contributed by atoms with Crippen LogP contribution in [0.3, 0.4) is 0 Å². The minimum absolute atomic E-state index is 0.0701. The summed E-state index contributed by atoms with van der Waals surface area (Å²) in [4.78, 5) is 27.7. The molecule has 3 aromatic rings. The van der Waals surface area contributed by atoms with E-state index >= 15 is 0 Å². The summed E-state index contributed by atoms with van der Waals surface area (Å²) in [6, 6.07) is 14.2. The Labute approximate surface area is 205 Å². The first kappa shape index (κ1) is 23.5. The molecule has 34 heavy (non-hydrogen) atoms. The van der Waals surface area contributed by atoms with Gasteiger partial charge in [-0.3, -0.25) is 14.5 Å². The number of aromatic hydroxyl groups is 1. The molecular formula is C25H19Cl2NO6. The van der Waals surface area contributed by atoms with Crippen molar-refractivity contribution in [2.24, 2.45) is 0 Å². The number of carbonyl (C=O) groups is 2. The van der Waals surface area contributed by atoms with Gasteiger partial charge in [0.2, 0.25) is 0 Å². The van der Waals surface area contributed by atoms with E-state index < -0.39 is 23.5 Å². The highest BCUT2D eigenvalue weighted by Crippen LogP contribution is 2.45. The predicted octanol–water partition coefficient (Wildman–Crippen LogP) is 5.34. The average molecular weight is 500 g/mol. The number of halogens is 2. The van der Waals surface area contributed by atoms with Crippen LogP contribution in [-0.2, 0) is 9.59 Å². The number of anilines is 1. The van der Waals surface area contributed by atoms with Crippen molar-refractivity contribution in [3.05, 3.63) is 87.4 Å². The Bertz CT molecular complexity index is 1340. The smallest absolute Gasteiger partial charge is 0.300 e. The Kier molecular flexibility index (Phi) is 6.41. The second kappa shape index (κ2) is 9.29. The van der Waals surface area contributed by atoms with Crippen LogP contribution in [0.5, 0.6) is 17.2 Å². The lowest BCUT2D eigenvalue weighted by Gasteiger charge is -2.26. The average Bonchev–Trinajstić information content (AvgIpc) is 3.10. The van der Waals surface area contributed by atoms with Gasteiger partial charge in [0.1, 0.15) is 23.0 Å². The minimum atomic E-state index is -1.06. The third-order valence-electron chi connectivity index (χ3n) is 5.48. The van der Waals surface area contributed by atoms with Crippen molar-refractivity contribution in [2.45, 2.75) is 6.04 Å². The molecule has 0 spiro atoms. The predicted molar refractivity (Wildman–Crippen MR) is 129 cm³/mol. The number of Topliss-reactive ketones (excluding diaryl/α,β-unsaturated/α-hetero) is 1. The Morgan fingerprint density at radius 1 is 0.941 bits per heavy atom. The van der Waals surface area contributed by atoms with Crippen molar-refractivity contribution in [3.8, 4) is 17.2 Å². The molecule has 2 N–H and O–H groups in total. The molecule has 1 heterocycles. The molecule has 1 saturated heterocycles. The number of hydrogen-bond acceptors (Lipinski definition) is 6. The molecule has 1 unspecified atom stereocenters. The second-order valence-corrected chi connectivity index (χ2v) is 8.24. The topological polar surface area (TPSA) is 96.3 Å². The Balaban J connectivity index is 1.98. The van der Waals surface area contributed by atoms with Gasteiger partial charge in [0.05, 0.1) is 41.4 Å². The van der Waals surface area contributed by atoms with Crippen LogP contribution in [0.1, 0.15) is 17.2 Å². The van der Waals surface area contributed by atoms with Crippen LogP contribution in [0, 0.1) is 0 Å². The SMILES string of the molecule is COc1ccc(/C(O)=C2/C(=O)C(=O)N(c3ccc(Cl)c(Cl)c3)C2c2cccc(O)c2)c(OC)c1. The van der Waals surface area contributed by atoms with E-state index in [1.54, 1.807) is 30.3 Å². The molecule has 1 fully saturated rings. The van der Waals surface area contributed by atoms with Crippen molar-refractivity contribution < 1.29 is 29.3 Å². The molecule has 7 nitrogen and oxygen atoms in total. The summed E-state index contributed by atoms with van der Waals surface area (Å²) in [5, 5.41) is 21.8. The van der Waals surface area contributed by atoms with Crippen molar-refractivity contribution in [3.63, 3.8) is 0 Å². The van der Waals surface area contributed by atoms with Crippen LogP contribution >= 0.6 is 23.2 Å². The molecular weight excluding hydrogens is 481 g/mol. The van der Waals surface area contributed by atoms with Gasteiger partial charge in [-0.05, 0) is 48.0 Å². The summed E-state index contributed by atoms with van der Waals surface area (Å²) in [5.41, 5.74) is 0.718. The molecule has 1 aliphatic rings. The number of carbonyl (C=O) groups excluding carboxylic acids is 2. The lowest BCUT2D eigenvalue weighted by Crippen LogP contribution is -2.29. The van der Waals surface area contributed by atoms with Crippen molar-refractivity contribution >= 4 is 46.3 Å². The molecule has 0 radical (unpaired) electrons. The molecule has 0 bridgehead atoms. The normalized spacial score (nSPS) is 17.2. The van der Waals surface area contributed by atoms with Gasteiger partial charge < -0.3 is 19.7 Å². The number of benzene rings is 3. The van der Waals surface area contributed by atoms with E-state index in [2.05, 4.69) is 0 Å². The zero-order valence-electron chi connectivity index (χ0n) is 18.1. The van der Waals surface area contributed by atoms with Gasteiger partial charge in [0, 0.05) is 11.8 Å². The van der Waals surface area contributed by atoms with Crippen LogP contribution < -0.4 is 14.4 Å². The fraction of sp³-hybridized carbons (Fsp3) is 0.120. The number of rotatable bonds is 5. The number of methoxy groups -OCH3 is 2. The number of ketones is 1. The molecule has 0 saturated carbocycles. The lowest BCUT2D eigenvalue weighted by molar-refractivity contribution is -0.132. The van der Waals surface area contributed by atoms with Crippen LogP contribution in [0.4, 0.5) is 5.69 Å². The number of amides is 1. The van der Waals surface area contributed by atoms with E-state index in [1.807, 2.05) is 0 Å². The van der Waals surface area contributed by atoms with Crippen molar-refractivity contribution in [2.75, 3.05) is 19.1 Å². The number of aliphatic hydroxyl groups is 1. The maximum Gasteiger partial charge on any atom is 0.300 e. The largest absolute Gasteiger partial charge is 0.508 e. The van der Waals surface area contributed by atoms with Crippen molar-refractivity contribution in [1.29, 1.82) is 0 Å². The molecule has 0 aromatic heterocycles. The van der Waals surface area contributed by atoms with E-state index in [1.165, 1.54) is 49.5 Å². The molecule has 4 rings (SSSR count). The third kappa shape index (κ3) is 4.04. The van der Waals surface area contributed by atoms with E-state index in [9.17, 15) is 19.8 Å². The highest BCUT2D eigenvalue weighted by Gasteiger charge is 2.47. The maximum atomic E-state index is 13.3. The highest BCUT2D eigenvalue weighted by molar-refractivity contribution is 6.52. The van der Waals surface area contributed by atoms with Gasteiger partial charge in [-0.25, -0.2) is 0 Å². The van der Waals surface area contributed by atoms with Gasteiger partial charge >= 0.3 is 0 Å². The van der Waals surface area contributed by atoms with Gasteiger partial charge in [-0.2, -0.15) is 0 Å². The fourth-order valence-electron chi connectivity index (χ4n) is 3.88. The zero-order chi connectivity index (χ0) is 24.6. The van der Waals surface area contributed by atoms with Crippen LogP contribution in [0.25, 0.3) is 5.76 Å². The number of phenolic OH excluding ortho intramolecular Hbond substituents is 1. The summed E-state index contributed by atoms with van der Waals surface area (Å²) in [6.07, 6.45) is 0. The first-order chi connectivity index (χ1) is 16.3. The summed E-state index contributed by atoms with van der Waals surface area (Å²) in [7, 11) is 2.89. The minimum Gasteiger partial charge on any atom is -0.508 e. The molecule has 0 aliphatic carbocycles. The van der Waals surface area contributed by atoms with E-state index in [0.29, 0.717) is 17.0 Å². The molecule has 9 heteroatoms. The van der Waals surface area contributed by atoms with E-state index in [-0.39, 0.29) is 32.7 Å². The quantitative estimate of drug-likeness (QED) is 0.279. The molecule has 1 atom stereocenters. The maximum absolute atomic E-state index is 13.3. The highest BCUT2D eigenvalue weighted by atomic mass is 35.5. The van der Waals surface area contributed by atoms with Crippen LogP contribution in [-0.4, -0.2) is 36.1 Å². The number of aliphatic hydroxyl groups excluding tert-OH is 1. The number of nitrogens with zero attached hydrogens (tertiary/aromatic N) is 1. The standard InChI is InChI=1S/C25H19Cl2NO6/c1-33-16-7-8-17(20(12-16)34-2)23(30)21-22(13-4-3-5-15(29)10-13)28(25(32)24(21)31)14-6-9-18(26)19(27)11-14/h3-12,22,29-30H,1-2H3/b23-21-. The van der Waals surface area contributed by atoms with Crippen molar-refractivity contribution in [1.82, 2.24) is 0 Å². The third-order valence-corrected chi connectivity index (χ3v) is 6.21. The monoisotopic (exact) mass is 499 g/mol. The Morgan fingerprint density at radius 3 is 2.35 bits per heavy atom.